The molecule has 2 nitrogen and oxygen atoms in total. The van der Waals surface area contributed by atoms with Crippen molar-refractivity contribution in [2.75, 3.05) is 5.32 Å². The lowest BCUT2D eigenvalue weighted by molar-refractivity contribution is 0.102. The maximum absolute atomic E-state index is 12.3. The molecule has 4 heteroatoms. The van der Waals surface area contributed by atoms with Gasteiger partial charge in [0.1, 0.15) is 0 Å². The lowest BCUT2D eigenvalue weighted by Crippen LogP contribution is -2.14. The molecule has 0 fully saturated rings. The number of fused-ring (bicyclic) bond motifs is 1. The Morgan fingerprint density at radius 2 is 2.00 bits per heavy atom. The Morgan fingerprint density at radius 3 is 2.84 bits per heavy atom. The van der Waals surface area contributed by atoms with Crippen LogP contribution >= 0.6 is 22.9 Å². The van der Waals surface area contributed by atoms with Crippen LogP contribution in [0.3, 0.4) is 0 Å². The third kappa shape index (κ3) is 2.53. The topological polar surface area (TPSA) is 29.1 Å². The number of para-hydroxylation sites is 1. The van der Waals surface area contributed by atoms with E-state index in [2.05, 4.69) is 10.7 Å². The summed E-state index contributed by atoms with van der Waals surface area (Å²) < 4.78 is 0. The minimum Gasteiger partial charge on any atom is -0.320 e. The molecule has 1 aromatic carbocycles. The molecule has 1 amide bonds. The second kappa shape index (κ2) is 5.35. The molecule has 0 atom stereocenters. The number of anilines is 1. The summed E-state index contributed by atoms with van der Waals surface area (Å²) in [6.07, 6.45) is 4.53. The summed E-state index contributed by atoms with van der Waals surface area (Å²) in [6.45, 7) is 0. The lowest BCUT2D eigenvalue weighted by atomic mass is 9.94. The smallest absolute Gasteiger partial charge is 0.266 e. The van der Waals surface area contributed by atoms with Crippen LogP contribution in [0.4, 0.5) is 5.69 Å². The molecule has 0 saturated heterocycles. The summed E-state index contributed by atoms with van der Waals surface area (Å²) >= 11 is 7.61. The second-order valence-electron chi connectivity index (χ2n) is 4.71. The highest BCUT2D eigenvalue weighted by molar-refractivity contribution is 7.12. The SMILES string of the molecule is O=C(Nc1ccccc1Cl)c1scc2c1CCCC2. The summed E-state index contributed by atoms with van der Waals surface area (Å²) in [6, 6.07) is 7.32. The van der Waals surface area contributed by atoms with Crippen LogP contribution in [0.15, 0.2) is 29.6 Å². The summed E-state index contributed by atoms with van der Waals surface area (Å²) in [4.78, 5) is 13.2. The van der Waals surface area contributed by atoms with Crippen LogP contribution in [-0.4, -0.2) is 5.91 Å². The average molecular weight is 292 g/mol. The molecule has 0 radical (unpaired) electrons. The van der Waals surface area contributed by atoms with Gasteiger partial charge in [0.15, 0.2) is 0 Å². The van der Waals surface area contributed by atoms with E-state index in [0.29, 0.717) is 10.7 Å². The van der Waals surface area contributed by atoms with Gasteiger partial charge in [-0.25, -0.2) is 0 Å². The highest BCUT2D eigenvalue weighted by atomic mass is 35.5. The Kier molecular flexibility index (Phi) is 3.58. The molecule has 98 valence electrons. The van der Waals surface area contributed by atoms with Crippen LogP contribution in [0.2, 0.25) is 5.02 Å². The van der Waals surface area contributed by atoms with Gasteiger partial charge in [-0.2, -0.15) is 0 Å². The first-order valence-corrected chi connectivity index (χ1v) is 7.66. The average Bonchev–Trinajstić information content (AvgIpc) is 2.85. The Bertz CT molecular complexity index is 620. The third-order valence-corrected chi connectivity index (χ3v) is 4.83. The van der Waals surface area contributed by atoms with Crippen molar-refractivity contribution in [3.05, 3.63) is 50.7 Å². The second-order valence-corrected chi connectivity index (χ2v) is 6.00. The highest BCUT2D eigenvalue weighted by Crippen LogP contribution is 2.31. The zero-order valence-electron chi connectivity index (χ0n) is 10.4. The van der Waals surface area contributed by atoms with Crippen LogP contribution < -0.4 is 5.32 Å². The molecule has 1 heterocycles. The summed E-state index contributed by atoms with van der Waals surface area (Å²) in [5.74, 6) is -0.0405. The van der Waals surface area contributed by atoms with Gasteiger partial charge >= 0.3 is 0 Å². The number of benzene rings is 1. The van der Waals surface area contributed by atoms with E-state index >= 15 is 0 Å². The number of carbonyl (C=O) groups excluding carboxylic acids is 1. The van der Waals surface area contributed by atoms with Gasteiger partial charge in [-0.1, -0.05) is 23.7 Å². The number of carbonyl (C=O) groups is 1. The molecular formula is C15H14ClNOS. The van der Waals surface area contributed by atoms with Gasteiger partial charge in [-0.3, -0.25) is 4.79 Å². The predicted octanol–water partition coefficient (Wildman–Crippen LogP) is 4.53. The number of amides is 1. The Labute approximate surface area is 121 Å². The van der Waals surface area contributed by atoms with Crippen LogP contribution in [0, 0.1) is 0 Å². The molecular weight excluding hydrogens is 278 g/mol. The van der Waals surface area contributed by atoms with Gasteiger partial charge in [0, 0.05) is 0 Å². The Morgan fingerprint density at radius 1 is 1.21 bits per heavy atom. The van der Waals surface area contributed by atoms with Crippen molar-refractivity contribution in [1.29, 1.82) is 0 Å². The minimum atomic E-state index is -0.0405. The van der Waals surface area contributed by atoms with Crippen molar-refractivity contribution in [3.8, 4) is 0 Å². The van der Waals surface area contributed by atoms with E-state index in [1.54, 1.807) is 17.4 Å². The van der Waals surface area contributed by atoms with Crippen LogP contribution in [0.5, 0.6) is 0 Å². The van der Waals surface area contributed by atoms with E-state index in [1.165, 1.54) is 24.0 Å². The number of hydrogen-bond donors (Lipinski definition) is 1. The van der Waals surface area contributed by atoms with Crippen molar-refractivity contribution in [3.63, 3.8) is 0 Å². The first kappa shape index (κ1) is 12.7. The van der Waals surface area contributed by atoms with Crippen molar-refractivity contribution >= 4 is 34.5 Å². The van der Waals surface area contributed by atoms with Gasteiger partial charge in [0.05, 0.1) is 15.6 Å². The van der Waals surface area contributed by atoms with Crippen molar-refractivity contribution < 1.29 is 4.79 Å². The van der Waals surface area contributed by atoms with Crippen molar-refractivity contribution in [1.82, 2.24) is 0 Å². The first-order valence-electron chi connectivity index (χ1n) is 6.41. The van der Waals surface area contributed by atoms with Crippen LogP contribution in [0.25, 0.3) is 0 Å². The third-order valence-electron chi connectivity index (χ3n) is 3.43. The molecule has 0 unspecified atom stereocenters. The molecule has 1 aliphatic rings. The van der Waals surface area contributed by atoms with Gasteiger partial charge in [0.25, 0.3) is 5.91 Å². The van der Waals surface area contributed by atoms with Gasteiger partial charge in [0.2, 0.25) is 0 Å². The molecule has 0 saturated carbocycles. The van der Waals surface area contributed by atoms with Crippen molar-refractivity contribution in [2.24, 2.45) is 0 Å². The number of thiophene rings is 1. The molecule has 0 spiro atoms. The number of halogens is 1. The van der Waals surface area contributed by atoms with Crippen LogP contribution in [0.1, 0.15) is 33.6 Å². The number of aryl methyl sites for hydroxylation is 1. The molecule has 2 aromatic rings. The summed E-state index contributed by atoms with van der Waals surface area (Å²) in [7, 11) is 0. The molecule has 1 aliphatic carbocycles. The summed E-state index contributed by atoms with van der Waals surface area (Å²) in [5.41, 5.74) is 3.26. The molecule has 1 aromatic heterocycles. The van der Waals surface area contributed by atoms with Gasteiger partial charge in [-0.05, 0) is 54.3 Å². The van der Waals surface area contributed by atoms with E-state index in [-0.39, 0.29) is 5.91 Å². The fourth-order valence-electron chi connectivity index (χ4n) is 2.45. The van der Waals surface area contributed by atoms with E-state index in [4.69, 9.17) is 11.6 Å². The van der Waals surface area contributed by atoms with Gasteiger partial charge in [-0.15, -0.1) is 11.3 Å². The minimum absolute atomic E-state index is 0.0405. The number of nitrogens with one attached hydrogen (secondary N) is 1. The van der Waals surface area contributed by atoms with E-state index in [1.807, 2.05) is 18.2 Å². The quantitative estimate of drug-likeness (QED) is 0.865. The maximum atomic E-state index is 12.3. The van der Waals surface area contributed by atoms with E-state index < -0.39 is 0 Å². The fourth-order valence-corrected chi connectivity index (χ4v) is 3.69. The largest absolute Gasteiger partial charge is 0.320 e. The van der Waals surface area contributed by atoms with Crippen molar-refractivity contribution in [2.45, 2.75) is 25.7 Å². The Balaban J connectivity index is 1.85. The molecule has 0 aliphatic heterocycles. The Hall–Kier alpha value is -1.32. The molecule has 0 bridgehead atoms. The van der Waals surface area contributed by atoms with E-state index in [0.717, 1.165) is 17.7 Å². The first-order chi connectivity index (χ1) is 9.25. The standard InChI is InChI=1S/C15H14ClNOS/c16-12-7-3-4-8-13(12)17-15(18)14-11-6-2-1-5-10(11)9-19-14/h3-4,7-9H,1-2,5-6H2,(H,17,18). The fraction of sp³-hybridized carbons (Fsp3) is 0.267. The monoisotopic (exact) mass is 291 g/mol. The molecule has 3 rings (SSSR count). The number of hydrogen-bond acceptors (Lipinski definition) is 2. The zero-order chi connectivity index (χ0) is 13.2. The number of rotatable bonds is 2. The predicted molar refractivity (Wildman–Crippen MR) is 80.4 cm³/mol. The summed E-state index contributed by atoms with van der Waals surface area (Å²) in [5, 5.41) is 5.59. The van der Waals surface area contributed by atoms with Crippen LogP contribution in [-0.2, 0) is 12.8 Å². The van der Waals surface area contributed by atoms with Gasteiger partial charge < -0.3 is 5.32 Å². The van der Waals surface area contributed by atoms with E-state index in [9.17, 15) is 4.79 Å². The zero-order valence-corrected chi connectivity index (χ0v) is 12.0. The normalized spacial score (nSPS) is 13.9. The maximum Gasteiger partial charge on any atom is 0.266 e. The molecule has 1 N–H and O–H groups in total. The molecule has 19 heavy (non-hydrogen) atoms. The lowest BCUT2D eigenvalue weighted by Gasteiger charge is -2.13. The highest BCUT2D eigenvalue weighted by Gasteiger charge is 2.20.